The second-order valence-electron chi connectivity index (χ2n) is 6.80. The summed E-state index contributed by atoms with van der Waals surface area (Å²) in [5.74, 6) is 6.23. The molecule has 0 saturated carbocycles. The van der Waals surface area contributed by atoms with Crippen LogP contribution in [-0.2, 0) is 11.2 Å². The van der Waals surface area contributed by atoms with Crippen LogP contribution in [0.4, 0.5) is 0 Å². The highest BCUT2D eigenvalue weighted by Crippen LogP contribution is 2.24. The molecule has 0 bridgehead atoms. The van der Waals surface area contributed by atoms with Crippen molar-refractivity contribution in [2.45, 2.75) is 32.2 Å². The van der Waals surface area contributed by atoms with E-state index in [0.29, 0.717) is 16.5 Å². The molecule has 3 nitrogen and oxygen atoms in total. The Morgan fingerprint density at radius 1 is 1.28 bits per heavy atom. The summed E-state index contributed by atoms with van der Waals surface area (Å²) in [7, 11) is 0. The van der Waals surface area contributed by atoms with E-state index < -0.39 is 0 Å². The predicted octanol–water partition coefficient (Wildman–Crippen LogP) is 3.17. The third-order valence-electron chi connectivity index (χ3n) is 4.81. The molecule has 1 fully saturated rings. The summed E-state index contributed by atoms with van der Waals surface area (Å²) in [6.07, 6.45) is 6.46. The molecule has 0 spiro atoms. The highest BCUT2D eigenvalue weighted by atomic mass is 35.5. The number of halogens is 1. The molecule has 4 heteroatoms. The molecule has 2 aliphatic rings. The molecular weight excluding hydrogens is 332 g/mol. The second-order valence-corrected chi connectivity index (χ2v) is 7.21. The van der Waals surface area contributed by atoms with Crippen LogP contribution in [-0.4, -0.2) is 29.9 Å². The highest BCUT2D eigenvalue weighted by Gasteiger charge is 2.26. The minimum absolute atomic E-state index is 0.0787. The summed E-state index contributed by atoms with van der Waals surface area (Å²) in [6, 6.07) is 8.35. The molecule has 1 aromatic rings. The van der Waals surface area contributed by atoms with Gasteiger partial charge in [-0.2, -0.15) is 0 Å². The molecule has 0 radical (unpaired) electrons. The van der Waals surface area contributed by atoms with E-state index in [1.807, 2.05) is 4.90 Å². The zero-order chi connectivity index (χ0) is 17.8. The van der Waals surface area contributed by atoms with E-state index in [9.17, 15) is 4.79 Å². The summed E-state index contributed by atoms with van der Waals surface area (Å²) < 4.78 is 0. The molecule has 1 aromatic carbocycles. The molecule has 1 saturated heterocycles. The molecule has 25 heavy (non-hydrogen) atoms. The van der Waals surface area contributed by atoms with Gasteiger partial charge in [-0.15, -0.1) is 0 Å². The van der Waals surface area contributed by atoms with Crippen LogP contribution in [0.25, 0.3) is 0 Å². The molecule has 1 heterocycles. The van der Waals surface area contributed by atoms with Gasteiger partial charge in [-0.3, -0.25) is 4.79 Å². The van der Waals surface area contributed by atoms with Gasteiger partial charge in [0.15, 0.2) is 0 Å². The minimum Gasteiger partial charge on any atom is -0.338 e. The number of rotatable bonds is 3. The third kappa shape index (κ3) is 4.54. The molecular formula is C21H23ClN2O. The van der Waals surface area contributed by atoms with Gasteiger partial charge < -0.3 is 10.6 Å². The number of benzene rings is 1. The molecule has 130 valence electrons. The highest BCUT2D eigenvalue weighted by molar-refractivity contribution is 6.34. The van der Waals surface area contributed by atoms with Crippen LogP contribution in [0.1, 0.15) is 24.0 Å². The molecule has 1 aliphatic carbocycles. The Balaban J connectivity index is 1.59. The van der Waals surface area contributed by atoms with Crippen LogP contribution in [0, 0.1) is 24.7 Å². The van der Waals surface area contributed by atoms with Crippen molar-refractivity contribution in [1.82, 2.24) is 4.90 Å². The lowest BCUT2D eigenvalue weighted by atomic mass is 9.89. The van der Waals surface area contributed by atoms with Crippen LogP contribution in [0.15, 0.2) is 47.0 Å². The quantitative estimate of drug-likeness (QED) is 0.847. The van der Waals surface area contributed by atoms with E-state index in [0.717, 1.165) is 32.4 Å². The first-order valence-electron chi connectivity index (χ1n) is 8.73. The number of carbonyl (C=O) groups is 1. The number of amides is 1. The number of nitrogens with two attached hydrogens (primary N) is 1. The van der Waals surface area contributed by atoms with Crippen molar-refractivity contribution in [2.75, 3.05) is 13.1 Å². The lowest BCUT2D eigenvalue weighted by Crippen LogP contribution is -2.39. The van der Waals surface area contributed by atoms with E-state index in [1.54, 1.807) is 12.2 Å². The third-order valence-corrected chi connectivity index (χ3v) is 5.13. The molecule has 1 atom stereocenters. The SMILES string of the molecule is Cc1ccc(CC2CCN(C(=O)C3=C(Cl)C=CC(N)C#C3)CC2)cc1. The summed E-state index contributed by atoms with van der Waals surface area (Å²) in [5.41, 5.74) is 8.79. The van der Waals surface area contributed by atoms with E-state index in [-0.39, 0.29) is 11.9 Å². The maximum absolute atomic E-state index is 12.7. The smallest absolute Gasteiger partial charge is 0.263 e. The van der Waals surface area contributed by atoms with Crippen molar-refractivity contribution in [2.24, 2.45) is 11.7 Å². The van der Waals surface area contributed by atoms with Crippen molar-refractivity contribution in [3.05, 3.63) is 58.1 Å². The number of piperidine rings is 1. The predicted molar refractivity (Wildman–Crippen MR) is 102 cm³/mol. The Hall–Kier alpha value is -2.02. The van der Waals surface area contributed by atoms with Crippen LogP contribution < -0.4 is 5.73 Å². The first kappa shape index (κ1) is 17.8. The first-order valence-corrected chi connectivity index (χ1v) is 9.10. The van der Waals surface area contributed by atoms with E-state index >= 15 is 0 Å². The maximum Gasteiger partial charge on any atom is 0.263 e. The first-order chi connectivity index (χ1) is 12.0. The fourth-order valence-electron chi connectivity index (χ4n) is 3.25. The average Bonchev–Trinajstić information content (AvgIpc) is 2.78. The van der Waals surface area contributed by atoms with Gasteiger partial charge in [0, 0.05) is 13.1 Å². The zero-order valence-electron chi connectivity index (χ0n) is 14.5. The number of carbonyl (C=O) groups excluding carboxylic acids is 1. The Morgan fingerprint density at radius 3 is 2.64 bits per heavy atom. The lowest BCUT2D eigenvalue weighted by Gasteiger charge is -2.32. The number of hydrogen-bond donors (Lipinski definition) is 1. The van der Waals surface area contributed by atoms with Crippen molar-refractivity contribution in [3.8, 4) is 11.8 Å². The van der Waals surface area contributed by atoms with E-state index in [1.165, 1.54) is 11.1 Å². The number of aryl methyl sites for hydroxylation is 1. The van der Waals surface area contributed by atoms with Gasteiger partial charge in [-0.05, 0) is 43.7 Å². The summed E-state index contributed by atoms with van der Waals surface area (Å²) in [6.45, 7) is 3.60. The Bertz CT molecular complexity index is 759. The van der Waals surface area contributed by atoms with Gasteiger partial charge in [0.1, 0.15) is 5.57 Å². The topological polar surface area (TPSA) is 46.3 Å². The van der Waals surface area contributed by atoms with Crippen molar-refractivity contribution < 1.29 is 4.79 Å². The summed E-state index contributed by atoms with van der Waals surface area (Å²) in [5, 5.41) is 0.382. The fourth-order valence-corrected chi connectivity index (χ4v) is 3.45. The summed E-state index contributed by atoms with van der Waals surface area (Å²) >= 11 is 6.20. The van der Waals surface area contributed by atoms with Gasteiger partial charge in [0.2, 0.25) is 0 Å². The van der Waals surface area contributed by atoms with Crippen molar-refractivity contribution >= 4 is 17.5 Å². The van der Waals surface area contributed by atoms with Gasteiger partial charge in [0.25, 0.3) is 5.91 Å². The van der Waals surface area contributed by atoms with Crippen LogP contribution >= 0.6 is 11.6 Å². The maximum atomic E-state index is 12.7. The monoisotopic (exact) mass is 354 g/mol. The van der Waals surface area contributed by atoms with Gasteiger partial charge in [-0.1, -0.05) is 59.3 Å². The van der Waals surface area contributed by atoms with E-state index in [2.05, 4.69) is 43.0 Å². The minimum atomic E-state index is -0.376. The van der Waals surface area contributed by atoms with Crippen molar-refractivity contribution in [3.63, 3.8) is 0 Å². The zero-order valence-corrected chi connectivity index (χ0v) is 15.2. The van der Waals surface area contributed by atoms with E-state index in [4.69, 9.17) is 17.3 Å². The Morgan fingerprint density at radius 2 is 1.96 bits per heavy atom. The van der Waals surface area contributed by atoms with Crippen LogP contribution in [0.5, 0.6) is 0 Å². The molecule has 2 N–H and O–H groups in total. The fraction of sp³-hybridized carbons (Fsp3) is 0.381. The lowest BCUT2D eigenvalue weighted by molar-refractivity contribution is -0.128. The summed E-state index contributed by atoms with van der Waals surface area (Å²) in [4.78, 5) is 14.6. The van der Waals surface area contributed by atoms with Crippen molar-refractivity contribution in [1.29, 1.82) is 0 Å². The number of hydrogen-bond acceptors (Lipinski definition) is 2. The molecule has 1 aliphatic heterocycles. The number of nitrogens with zero attached hydrogens (tertiary/aromatic N) is 1. The number of likely N-dealkylation sites (tertiary alicyclic amines) is 1. The van der Waals surface area contributed by atoms with Gasteiger partial charge in [-0.25, -0.2) is 0 Å². The normalized spacial score (nSPS) is 20.9. The molecule has 1 unspecified atom stereocenters. The molecule has 3 rings (SSSR count). The standard InChI is InChI=1S/C21H23ClN2O/c1-15-2-4-16(5-3-15)14-17-10-12-24(13-11-17)21(25)19-8-6-18(23)7-9-20(19)22/h2-5,7,9,17-18H,10-14,23H2,1H3. The van der Waals surface area contributed by atoms with Crippen LogP contribution in [0.2, 0.25) is 0 Å². The molecule has 0 aromatic heterocycles. The largest absolute Gasteiger partial charge is 0.338 e. The van der Waals surface area contributed by atoms with Crippen LogP contribution in [0.3, 0.4) is 0 Å². The Labute approximate surface area is 154 Å². The molecule has 1 amide bonds. The second kappa shape index (κ2) is 7.91. The van der Waals surface area contributed by atoms with Gasteiger partial charge in [0.05, 0.1) is 11.1 Å². The van der Waals surface area contributed by atoms with Gasteiger partial charge >= 0.3 is 0 Å². The Kier molecular flexibility index (Phi) is 5.63. The average molecular weight is 355 g/mol. The number of allylic oxidation sites excluding steroid dienone is 2.